The van der Waals surface area contributed by atoms with Crippen LogP contribution in [0, 0.1) is 0 Å². The maximum Gasteiger partial charge on any atom is 0.307 e. The van der Waals surface area contributed by atoms with Crippen molar-refractivity contribution in [2.75, 3.05) is 13.2 Å². The fraction of sp³-hybridized carbons (Fsp3) is 0.250. The molecule has 2 aromatic carbocycles. The maximum absolute atomic E-state index is 12.4. The molecule has 144 valence electrons. The number of rotatable bonds is 5. The van der Waals surface area contributed by atoms with Gasteiger partial charge < -0.3 is 14.2 Å². The average Bonchev–Trinajstić information content (AvgIpc) is 2.72. The molecule has 28 heavy (non-hydrogen) atoms. The molecule has 1 aliphatic heterocycles. The van der Waals surface area contributed by atoms with E-state index in [1.807, 2.05) is 6.07 Å². The second-order valence-electron chi connectivity index (χ2n) is 6.26. The Morgan fingerprint density at radius 1 is 1.18 bits per heavy atom. The second kappa shape index (κ2) is 8.02. The average molecular weight is 445 g/mol. The Morgan fingerprint density at radius 3 is 2.75 bits per heavy atom. The van der Waals surface area contributed by atoms with Gasteiger partial charge in [-0.1, -0.05) is 28.1 Å². The van der Waals surface area contributed by atoms with E-state index in [9.17, 15) is 9.59 Å². The summed E-state index contributed by atoms with van der Waals surface area (Å²) in [6.45, 7) is 1.30. The lowest BCUT2D eigenvalue weighted by Crippen LogP contribution is -2.22. The van der Waals surface area contributed by atoms with Crippen LogP contribution in [0.15, 0.2) is 52.0 Å². The van der Waals surface area contributed by atoms with Crippen LogP contribution in [0.4, 0.5) is 0 Å². The number of ether oxygens (including phenoxy) is 3. The van der Waals surface area contributed by atoms with Crippen LogP contribution in [0.5, 0.6) is 11.5 Å². The quantitative estimate of drug-likeness (QED) is 0.562. The molecular weight excluding hydrogens is 428 g/mol. The summed E-state index contributed by atoms with van der Waals surface area (Å²) in [4.78, 5) is 28.8. The van der Waals surface area contributed by atoms with Crippen LogP contribution in [-0.2, 0) is 22.7 Å². The highest BCUT2D eigenvalue weighted by atomic mass is 79.9. The summed E-state index contributed by atoms with van der Waals surface area (Å²) in [7, 11) is 0. The summed E-state index contributed by atoms with van der Waals surface area (Å²) >= 11 is 3.45. The molecule has 0 aliphatic carbocycles. The molecule has 2 heterocycles. The first-order chi connectivity index (χ1) is 13.6. The van der Waals surface area contributed by atoms with Gasteiger partial charge in [0.05, 0.1) is 23.7 Å². The summed E-state index contributed by atoms with van der Waals surface area (Å²) in [5, 5.41) is 0.526. The zero-order chi connectivity index (χ0) is 19.5. The first kappa shape index (κ1) is 18.5. The molecule has 0 radical (unpaired) electrons. The van der Waals surface area contributed by atoms with Gasteiger partial charge in [-0.25, -0.2) is 4.98 Å². The lowest BCUT2D eigenvalue weighted by Gasteiger charge is -2.19. The summed E-state index contributed by atoms with van der Waals surface area (Å²) < 4.78 is 18.6. The summed E-state index contributed by atoms with van der Waals surface area (Å²) in [5.41, 5.74) is 1.24. The zero-order valence-electron chi connectivity index (χ0n) is 14.9. The number of benzene rings is 2. The number of fused-ring (bicyclic) bond motifs is 2. The number of carbonyl (C=O) groups excluding carboxylic acids is 1. The van der Waals surface area contributed by atoms with Crippen molar-refractivity contribution in [3.63, 3.8) is 0 Å². The van der Waals surface area contributed by atoms with Gasteiger partial charge in [-0.05, 0) is 24.3 Å². The third-order valence-electron chi connectivity index (χ3n) is 4.39. The van der Waals surface area contributed by atoms with E-state index in [0.29, 0.717) is 35.6 Å². The van der Waals surface area contributed by atoms with E-state index in [-0.39, 0.29) is 25.1 Å². The van der Waals surface area contributed by atoms with Gasteiger partial charge in [-0.2, -0.15) is 0 Å². The predicted molar refractivity (Wildman–Crippen MR) is 106 cm³/mol. The van der Waals surface area contributed by atoms with Gasteiger partial charge >= 0.3 is 5.97 Å². The van der Waals surface area contributed by atoms with Crippen molar-refractivity contribution in [1.82, 2.24) is 9.55 Å². The van der Waals surface area contributed by atoms with Crippen molar-refractivity contribution < 1.29 is 19.0 Å². The normalized spacial score (nSPS) is 12.8. The highest BCUT2D eigenvalue weighted by Crippen LogP contribution is 2.35. The molecule has 7 nitrogen and oxygen atoms in total. The number of aryl methyl sites for hydroxylation is 1. The largest absolute Gasteiger partial charge is 0.486 e. The number of nitrogens with zero attached hydrogens (tertiary/aromatic N) is 2. The monoisotopic (exact) mass is 444 g/mol. The summed E-state index contributed by atoms with van der Waals surface area (Å²) in [6.07, 6.45) is 1.53. The smallest absolute Gasteiger partial charge is 0.307 e. The number of aromatic nitrogens is 2. The highest BCUT2D eigenvalue weighted by molar-refractivity contribution is 9.10. The molecule has 0 saturated carbocycles. The molecule has 1 aromatic heterocycles. The fourth-order valence-electron chi connectivity index (χ4n) is 2.92. The lowest BCUT2D eigenvalue weighted by atomic mass is 10.2. The Balaban J connectivity index is 1.38. The van der Waals surface area contributed by atoms with Crippen LogP contribution in [0.1, 0.15) is 12.0 Å². The Hall–Kier alpha value is -2.87. The van der Waals surface area contributed by atoms with Crippen LogP contribution < -0.4 is 15.0 Å². The second-order valence-corrected chi connectivity index (χ2v) is 7.11. The number of para-hydroxylation sites is 1. The molecule has 1 aliphatic rings. The number of hydrogen-bond acceptors (Lipinski definition) is 6. The SMILES string of the molecule is O=C(CCn1cnc2ccccc2c1=O)OCc1cc2c(cc1Br)OCCO2. The summed E-state index contributed by atoms with van der Waals surface area (Å²) in [5.74, 6) is 0.896. The molecule has 0 unspecified atom stereocenters. The fourth-order valence-corrected chi connectivity index (χ4v) is 3.36. The Kier molecular flexibility index (Phi) is 5.29. The molecular formula is C20H17BrN2O5. The van der Waals surface area contributed by atoms with Gasteiger partial charge in [-0.15, -0.1) is 0 Å². The Bertz CT molecular complexity index is 1100. The van der Waals surface area contributed by atoms with Gasteiger partial charge in [0, 0.05) is 16.6 Å². The van der Waals surface area contributed by atoms with E-state index >= 15 is 0 Å². The van der Waals surface area contributed by atoms with Crippen LogP contribution in [0.3, 0.4) is 0 Å². The molecule has 4 rings (SSSR count). The minimum absolute atomic E-state index is 0.0715. The molecule has 0 amide bonds. The molecule has 0 spiro atoms. The highest BCUT2D eigenvalue weighted by Gasteiger charge is 2.16. The lowest BCUT2D eigenvalue weighted by molar-refractivity contribution is -0.145. The van der Waals surface area contributed by atoms with Crippen LogP contribution >= 0.6 is 15.9 Å². The van der Waals surface area contributed by atoms with Gasteiger partial charge in [0.15, 0.2) is 11.5 Å². The van der Waals surface area contributed by atoms with Crippen molar-refractivity contribution in [1.29, 1.82) is 0 Å². The van der Waals surface area contributed by atoms with Crippen LogP contribution in [0.2, 0.25) is 0 Å². The predicted octanol–water partition coefficient (Wildman–Crippen LogP) is 3.06. The van der Waals surface area contributed by atoms with E-state index in [1.54, 1.807) is 30.3 Å². The van der Waals surface area contributed by atoms with Gasteiger partial charge in [0.2, 0.25) is 0 Å². The van der Waals surface area contributed by atoms with Gasteiger partial charge in [0.1, 0.15) is 19.8 Å². The molecule has 0 saturated heterocycles. The first-order valence-corrected chi connectivity index (χ1v) is 9.59. The molecule has 0 fully saturated rings. The maximum atomic E-state index is 12.4. The molecule has 0 bridgehead atoms. The van der Waals surface area contributed by atoms with Crippen molar-refractivity contribution >= 4 is 32.8 Å². The molecule has 8 heteroatoms. The third-order valence-corrected chi connectivity index (χ3v) is 5.13. The van der Waals surface area contributed by atoms with E-state index < -0.39 is 5.97 Å². The van der Waals surface area contributed by atoms with E-state index in [2.05, 4.69) is 20.9 Å². The minimum atomic E-state index is -0.401. The topological polar surface area (TPSA) is 79.7 Å². The minimum Gasteiger partial charge on any atom is -0.486 e. The van der Waals surface area contributed by atoms with E-state index in [0.717, 1.165) is 10.0 Å². The van der Waals surface area contributed by atoms with E-state index in [1.165, 1.54) is 10.9 Å². The van der Waals surface area contributed by atoms with Gasteiger partial charge in [0.25, 0.3) is 5.56 Å². The number of esters is 1. The molecule has 3 aromatic rings. The van der Waals surface area contributed by atoms with Crippen molar-refractivity contribution in [2.45, 2.75) is 19.6 Å². The standard InChI is InChI=1S/C20H17BrN2O5/c21-15-10-18-17(26-7-8-27-18)9-13(15)11-28-19(24)5-6-23-12-22-16-4-2-1-3-14(16)20(23)25/h1-4,9-10,12H,5-8,11H2. The van der Waals surface area contributed by atoms with Crippen LogP contribution in [-0.4, -0.2) is 28.7 Å². The van der Waals surface area contributed by atoms with E-state index in [4.69, 9.17) is 14.2 Å². The Labute approximate surface area is 169 Å². The molecule has 0 N–H and O–H groups in total. The number of hydrogen-bond donors (Lipinski definition) is 0. The van der Waals surface area contributed by atoms with Crippen molar-refractivity contribution in [2.24, 2.45) is 0 Å². The number of halogens is 1. The Morgan fingerprint density at radius 2 is 1.93 bits per heavy atom. The van der Waals surface area contributed by atoms with Gasteiger partial charge in [-0.3, -0.25) is 14.2 Å². The molecule has 0 atom stereocenters. The van der Waals surface area contributed by atoms with Crippen molar-refractivity contribution in [3.05, 3.63) is 63.1 Å². The summed E-state index contributed by atoms with van der Waals surface area (Å²) in [6, 6.07) is 10.7. The van der Waals surface area contributed by atoms with Crippen LogP contribution in [0.25, 0.3) is 10.9 Å². The van der Waals surface area contributed by atoms with Crippen molar-refractivity contribution in [3.8, 4) is 11.5 Å². The zero-order valence-corrected chi connectivity index (χ0v) is 16.5. The first-order valence-electron chi connectivity index (χ1n) is 8.79. The third kappa shape index (κ3) is 3.87. The number of carbonyl (C=O) groups is 1.